The molecule has 9 heteroatoms. The van der Waals surface area contributed by atoms with Crippen molar-refractivity contribution >= 4 is 23.3 Å². The number of halogens is 4. The van der Waals surface area contributed by atoms with Crippen LogP contribution in [0.15, 0.2) is 36.5 Å². The number of hydrogen-bond acceptors (Lipinski definition) is 4. The Morgan fingerprint density at radius 2 is 1.73 bits per heavy atom. The van der Waals surface area contributed by atoms with Crippen molar-refractivity contribution in [2.45, 2.75) is 6.18 Å². The molecule has 1 aliphatic heterocycles. The van der Waals surface area contributed by atoms with E-state index in [2.05, 4.69) is 4.98 Å². The predicted molar refractivity (Wildman–Crippen MR) is 90.5 cm³/mol. The van der Waals surface area contributed by atoms with Crippen LogP contribution in [-0.2, 0) is 6.18 Å². The van der Waals surface area contributed by atoms with Crippen LogP contribution in [0.3, 0.4) is 0 Å². The quantitative estimate of drug-likeness (QED) is 0.860. The highest BCUT2D eigenvalue weighted by atomic mass is 35.5. The minimum absolute atomic E-state index is 0.0712. The van der Waals surface area contributed by atoms with Crippen LogP contribution >= 0.6 is 11.6 Å². The number of carbonyl (C=O) groups is 1. The molecule has 3 rings (SSSR count). The summed E-state index contributed by atoms with van der Waals surface area (Å²) in [6.45, 7) is 1.58. The number of hydrogen-bond donors (Lipinski definition) is 1. The monoisotopic (exact) mass is 385 g/mol. The zero-order valence-corrected chi connectivity index (χ0v) is 14.3. The molecule has 1 aromatic heterocycles. The Balaban J connectivity index is 1.67. The highest BCUT2D eigenvalue weighted by Gasteiger charge is 2.32. The second-order valence-electron chi connectivity index (χ2n) is 5.85. The van der Waals surface area contributed by atoms with Crippen LogP contribution in [0.1, 0.15) is 15.9 Å². The Kier molecular flexibility index (Phi) is 4.95. The fourth-order valence-corrected chi connectivity index (χ4v) is 3.01. The van der Waals surface area contributed by atoms with Gasteiger partial charge >= 0.3 is 6.18 Å². The first-order valence-electron chi connectivity index (χ1n) is 7.81. The molecular weight excluding hydrogens is 371 g/mol. The highest BCUT2D eigenvalue weighted by molar-refractivity contribution is 6.33. The number of phenolic OH excluding ortho intramolecular Hbond substituents is 1. The molecule has 2 aromatic rings. The van der Waals surface area contributed by atoms with Gasteiger partial charge in [0, 0.05) is 37.9 Å². The average Bonchev–Trinajstić information content (AvgIpc) is 2.61. The average molecular weight is 386 g/mol. The van der Waals surface area contributed by atoms with Crippen molar-refractivity contribution in [3.63, 3.8) is 0 Å². The molecule has 0 bridgehead atoms. The molecule has 26 heavy (non-hydrogen) atoms. The van der Waals surface area contributed by atoms with Crippen LogP contribution in [0.25, 0.3) is 0 Å². The van der Waals surface area contributed by atoms with Gasteiger partial charge in [-0.15, -0.1) is 0 Å². The van der Waals surface area contributed by atoms with Gasteiger partial charge in [-0.2, -0.15) is 13.2 Å². The number of anilines is 1. The Hall–Kier alpha value is -2.48. The van der Waals surface area contributed by atoms with Gasteiger partial charge in [0.25, 0.3) is 5.91 Å². The van der Waals surface area contributed by atoms with Gasteiger partial charge in [-0.3, -0.25) is 4.79 Å². The predicted octanol–water partition coefficient (Wildman–Crippen LogP) is 3.42. The molecule has 0 aliphatic carbocycles. The first-order chi connectivity index (χ1) is 12.3. The van der Waals surface area contributed by atoms with Gasteiger partial charge in [-0.25, -0.2) is 4.98 Å². The summed E-state index contributed by atoms with van der Waals surface area (Å²) in [6, 6.07) is 6.82. The molecule has 1 N–H and O–H groups in total. The number of aromatic hydroxyl groups is 1. The molecule has 1 fully saturated rings. The van der Waals surface area contributed by atoms with Crippen LogP contribution in [-0.4, -0.2) is 47.1 Å². The lowest BCUT2D eigenvalue weighted by molar-refractivity contribution is -0.137. The van der Waals surface area contributed by atoms with E-state index >= 15 is 0 Å². The SMILES string of the molecule is O=C(c1ccc(O)cc1)N1CCN(c2ncc(C(F)(F)F)cc2Cl)CC1. The van der Waals surface area contributed by atoms with Gasteiger partial charge in [0.1, 0.15) is 11.6 Å². The first kappa shape index (κ1) is 18.3. The number of pyridine rings is 1. The molecule has 2 heterocycles. The molecule has 1 aliphatic rings. The van der Waals surface area contributed by atoms with E-state index in [4.69, 9.17) is 11.6 Å². The fraction of sp³-hybridized carbons (Fsp3) is 0.294. The smallest absolute Gasteiger partial charge is 0.417 e. The van der Waals surface area contributed by atoms with Crippen molar-refractivity contribution in [3.8, 4) is 5.75 Å². The Morgan fingerprint density at radius 1 is 1.12 bits per heavy atom. The second-order valence-corrected chi connectivity index (χ2v) is 6.26. The van der Waals surface area contributed by atoms with Crippen LogP contribution < -0.4 is 4.90 Å². The van der Waals surface area contributed by atoms with E-state index in [9.17, 15) is 23.1 Å². The Bertz CT molecular complexity index is 804. The molecule has 138 valence electrons. The number of phenols is 1. The Labute approximate surface area is 152 Å². The standard InChI is InChI=1S/C17H15ClF3N3O2/c18-14-9-12(17(19,20)21)10-22-15(14)23-5-7-24(8-6-23)16(26)11-1-3-13(25)4-2-11/h1-4,9-10,25H,5-8H2. The van der Waals surface area contributed by atoms with Crippen molar-refractivity contribution in [3.05, 3.63) is 52.7 Å². The number of benzene rings is 1. The van der Waals surface area contributed by atoms with Crippen LogP contribution in [0, 0.1) is 0 Å². The number of alkyl halides is 3. The summed E-state index contributed by atoms with van der Waals surface area (Å²) >= 11 is 5.97. The van der Waals surface area contributed by atoms with E-state index in [-0.39, 0.29) is 22.5 Å². The van der Waals surface area contributed by atoms with Gasteiger partial charge in [0.2, 0.25) is 0 Å². The third-order valence-electron chi connectivity index (χ3n) is 4.13. The third-order valence-corrected chi connectivity index (χ3v) is 4.41. The fourth-order valence-electron chi connectivity index (χ4n) is 2.73. The maximum absolute atomic E-state index is 12.7. The molecular formula is C17H15ClF3N3O2. The van der Waals surface area contributed by atoms with E-state index in [1.165, 1.54) is 12.1 Å². The number of amides is 1. The normalized spacial score (nSPS) is 15.2. The summed E-state index contributed by atoms with van der Waals surface area (Å²) in [5, 5.41) is 9.21. The summed E-state index contributed by atoms with van der Waals surface area (Å²) in [4.78, 5) is 19.7. The summed E-state index contributed by atoms with van der Waals surface area (Å²) in [7, 11) is 0. The number of nitrogens with zero attached hydrogens (tertiary/aromatic N) is 3. The van der Waals surface area contributed by atoms with E-state index < -0.39 is 11.7 Å². The molecule has 1 aromatic carbocycles. The minimum Gasteiger partial charge on any atom is -0.508 e. The molecule has 0 radical (unpaired) electrons. The van der Waals surface area contributed by atoms with Crippen molar-refractivity contribution in [2.75, 3.05) is 31.1 Å². The van der Waals surface area contributed by atoms with Gasteiger partial charge in [-0.1, -0.05) is 11.6 Å². The molecule has 0 spiro atoms. The van der Waals surface area contributed by atoms with Gasteiger partial charge in [-0.05, 0) is 30.3 Å². The van der Waals surface area contributed by atoms with Gasteiger partial charge < -0.3 is 14.9 Å². The third kappa shape index (κ3) is 3.85. The van der Waals surface area contributed by atoms with Crippen LogP contribution in [0.2, 0.25) is 5.02 Å². The first-order valence-corrected chi connectivity index (χ1v) is 8.19. The number of carbonyl (C=O) groups excluding carboxylic acids is 1. The summed E-state index contributed by atoms with van der Waals surface area (Å²) < 4.78 is 38.1. The zero-order valence-electron chi connectivity index (χ0n) is 13.5. The summed E-state index contributed by atoms with van der Waals surface area (Å²) in [5.74, 6) is 0.182. The van der Waals surface area contributed by atoms with Crippen molar-refractivity contribution in [1.82, 2.24) is 9.88 Å². The molecule has 1 amide bonds. The molecule has 0 atom stereocenters. The lowest BCUT2D eigenvalue weighted by atomic mass is 10.1. The number of piperazine rings is 1. The molecule has 5 nitrogen and oxygen atoms in total. The molecule has 1 saturated heterocycles. The van der Waals surface area contributed by atoms with Crippen LogP contribution in [0.5, 0.6) is 5.75 Å². The largest absolute Gasteiger partial charge is 0.508 e. The van der Waals surface area contributed by atoms with E-state index in [1.54, 1.807) is 21.9 Å². The van der Waals surface area contributed by atoms with Crippen molar-refractivity contribution < 1.29 is 23.1 Å². The molecule has 0 saturated carbocycles. The maximum Gasteiger partial charge on any atom is 0.417 e. The Morgan fingerprint density at radius 3 is 2.27 bits per heavy atom. The lowest BCUT2D eigenvalue weighted by Crippen LogP contribution is -2.49. The highest BCUT2D eigenvalue weighted by Crippen LogP contribution is 2.33. The topological polar surface area (TPSA) is 56.7 Å². The van der Waals surface area contributed by atoms with Crippen molar-refractivity contribution in [2.24, 2.45) is 0 Å². The minimum atomic E-state index is -4.50. The maximum atomic E-state index is 12.7. The van der Waals surface area contributed by atoms with Gasteiger partial charge in [0.15, 0.2) is 0 Å². The van der Waals surface area contributed by atoms with Crippen molar-refractivity contribution in [1.29, 1.82) is 0 Å². The zero-order chi connectivity index (χ0) is 18.9. The van der Waals surface area contributed by atoms with Gasteiger partial charge in [0.05, 0.1) is 10.6 Å². The second kappa shape index (κ2) is 7.03. The summed E-state index contributed by atoms with van der Waals surface area (Å²) in [6.07, 6.45) is -3.74. The van der Waals surface area contributed by atoms with Crippen LogP contribution in [0.4, 0.5) is 19.0 Å². The molecule has 0 unspecified atom stereocenters. The van der Waals surface area contributed by atoms with E-state index in [1.807, 2.05) is 0 Å². The number of aromatic nitrogens is 1. The lowest BCUT2D eigenvalue weighted by Gasteiger charge is -2.35. The van der Waals surface area contributed by atoms with E-state index in [0.29, 0.717) is 31.7 Å². The summed E-state index contributed by atoms with van der Waals surface area (Å²) in [5.41, 5.74) is -0.436. The number of rotatable bonds is 2. The van der Waals surface area contributed by atoms with E-state index in [0.717, 1.165) is 12.3 Å².